The molecule has 0 spiro atoms. The van der Waals surface area contributed by atoms with Gasteiger partial charge in [0.1, 0.15) is 16.1 Å². The first kappa shape index (κ1) is 10.8. The highest BCUT2D eigenvalue weighted by atomic mass is 32.1. The molecule has 0 amide bonds. The topological polar surface area (TPSA) is 37.9 Å². The van der Waals surface area contributed by atoms with E-state index in [1.807, 2.05) is 31.2 Å². The Morgan fingerprint density at radius 1 is 1.44 bits per heavy atom. The maximum absolute atomic E-state index is 5.44. The minimum Gasteiger partial charge on any atom is -0.494 e. The van der Waals surface area contributed by atoms with Crippen molar-refractivity contribution in [1.82, 2.24) is 9.97 Å². The summed E-state index contributed by atoms with van der Waals surface area (Å²) in [5.41, 5.74) is 1.74. The highest BCUT2D eigenvalue weighted by Crippen LogP contribution is 2.22. The van der Waals surface area contributed by atoms with Crippen LogP contribution in [-0.4, -0.2) is 16.6 Å². The predicted molar refractivity (Wildman–Crippen MR) is 66.0 cm³/mol. The molecule has 82 valence electrons. The molecule has 0 aliphatic carbocycles. The molecule has 0 saturated carbocycles. The summed E-state index contributed by atoms with van der Waals surface area (Å²) in [5, 5.41) is 0. The zero-order chi connectivity index (χ0) is 11.4. The Morgan fingerprint density at radius 2 is 2.31 bits per heavy atom. The SMILES string of the molecule is CCOc1cccc(-c2ncc[nH]c2=S)c1. The molecule has 1 aromatic carbocycles. The van der Waals surface area contributed by atoms with E-state index >= 15 is 0 Å². The summed E-state index contributed by atoms with van der Waals surface area (Å²) in [4.78, 5) is 7.22. The first-order valence-electron chi connectivity index (χ1n) is 5.08. The van der Waals surface area contributed by atoms with Crippen LogP contribution in [0.2, 0.25) is 0 Å². The van der Waals surface area contributed by atoms with Crippen LogP contribution in [0.4, 0.5) is 0 Å². The van der Waals surface area contributed by atoms with Crippen molar-refractivity contribution in [3.05, 3.63) is 41.3 Å². The lowest BCUT2D eigenvalue weighted by atomic mass is 10.1. The van der Waals surface area contributed by atoms with E-state index in [1.54, 1.807) is 12.4 Å². The molecular weight excluding hydrogens is 220 g/mol. The van der Waals surface area contributed by atoms with E-state index in [4.69, 9.17) is 17.0 Å². The van der Waals surface area contributed by atoms with Gasteiger partial charge in [-0.1, -0.05) is 24.4 Å². The van der Waals surface area contributed by atoms with Gasteiger partial charge in [-0.05, 0) is 19.1 Å². The van der Waals surface area contributed by atoms with Crippen LogP contribution in [0.5, 0.6) is 5.75 Å². The van der Waals surface area contributed by atoms with Crippen LogP contribution in [0.15, 0.2) is 36.7 Å². The van der Waals surface area contributed by atoms with Crippen LogP contribution in [0.1, 0.15) is 6.92 Å². The van der Waals surface area contributed by atoms with E-state index < -0.39 is 0 Å². The Kier molecular flexibility index (Phi) is 3.31. The van der Waals surface area contributed by atoms with E-state index in [2.05, 4.69) is 9.97 Å². The molecule has 0 unspecified atom stereocenters. The third-order valence-electron chi connectivity index (χ3n) is 2.13. The third-order valence-corrected chi connectivity index (χ3v) is 2.44. The van der Waals surface area contributed by atoms with E-state index in [9.17, 15) is 0 Å². The summed E-state index contributed by atoms with van der Waals surface area (Å²) in [6.07, 6.45) is 3.41. The van der Waals surface area contributed by atoms with Crippen molar-refractivity contribution in [2.75, 3.05) is 6.61 Å². The molecule has 1 N–H and O–H groups in total. The summed E-state index contributed by atoms with van der Waals surface area (Å²) < 4.78 is 6.07. The summed E-state index contributed by atoms with van der Waals surface area (Å²) in [7, 11) is 0. The van der Waals surface area contributed by atoms with Crippen LogP contribution in [0.25, 0.3) is 11.3 Å². The van der Waals surface area contributed by atoms with Gasteiger partial charge in [-0.3, -0.25) is 4.98 Å². The Morgan fingerprint density at radius 3 is 3.06 bits per heavy atom. The average molecular weight is 232 g/mol. The first-order chi connectivity index (χ1) is 7.81. The predicted octanol–water partition coefficient (Wildman–Crippen LogP) is 3.20. The fourth-order valence-corrected chi connectivity index (χ4v) is 1.70. The van der Waals surface area contributed by atoms with Gasteiger partial charge in [0.05, 0.1) is 6.61 Å². The first-order valence-corrected chi connectivity index (χ1v) is 5.49. The number of nitrogens with one attached hydrogen (secondary N) is 1. The van der Waals surface area contributed by atoms with Gasteiger partial charge >= 0.3 is 0 Å². The Labute approximate surface area is 99.1 Å². The molecule has 0 aliphatic rings. The molecule has 1 aromatic heterocycles. The number of H-pyrrole nitrogens is 1. The fourth-order valence-electron chi connectivity index (χ4n) is 1.46. The average Bonchev–Trinajstić information content (AvgIpc) is 2.30. The Hall–Kier alpha value is -1.68. The zero-order valence-corrected chi connectivity index (χ0v) is 9.75. The van der Waals surface area contributed by atoms with Crippen LogP contribution in [0, 0.1) is 4.64 Å². The van der Waals surface area contributed by atoms with Gasteiger partial charge in [0.25, 0.3) is 0 Å². The third kappa shape index (κ3) is 2.28. The van der Waals surface area contributed by atoms with Crippen molar-refractivity contribution in [3.63, 3.8) is 0 Å². The van der Waals surface area contributed by atoms with Crippen molar-refractivity contribution in [2.45, 2.75) is 6.92 Å². The molecule has 0 atom stereocenters. The summed E-state index contributed by atoms with van der Waals surface area (Å²) in [5.74, 6) is 0.833. The number of rotatable bonds is 3. The molecule has 2 rings (SSSR count). The van der Waals surface area contributed by atoms with E-state index in [1.165, 1.54) is 0 Å². The second kappa shape index (κ2) is 4.90. The van der Waals surface area contributed by atoms with Crippen LogP contribution < -0.4 is 4.74 Å². The number of hydrogen-bond acceptors (Lipinski definition) is 3. The number of ether oxygens (including phenoxy) is 1. The smallest absolute Gasteiger partial charge is 0.129 e. The number of aromatic nitrogens is 2. The lowest BCUT2D eigenvalue weighted by Gasteiger charge is -2.05. The molecule has 0 radical (unpaired) electrons. The maximum atomic E-state index is 5.44. The van der Waals surface area contributed by atoms with E-state index in [0.29, 0.717) is 11.2 Å². The van der Waals surface area contributed by atoms with Crippen molar-refractivity contribution < 1.29 is 4.74 Å². The lowest BCUT2D eigenvalue weighted by molar-refractivity contribution is 0.340. The molecule has 3 nitrogen and oxygen atoms in total. The maximum Gasteiger partial charge on any atom is 0.129 e. The minimum absolute atomic E-state index is 0.635. The molecule has 16 heavy (non-hydrogen) atoms. The van der Waals surface area contributed by atoms with Crippen LogP contribution in [0.3, 0.4) is 0 Å². The number of benzene rings is 1. The normalized spacial score (nSPS) is 10.1. The van der Waals surface area contributed by atoms with Gasteiger partial charge in [0.2, 0.25) is 0 Å². The number of nitrogens with zero attached hydrogens (tertiary/aromatic N) is 1. The number of aromatic amines is 1. The van der Waals surface area contributed by atoms with E-state index in [0.717, 1.165) is 17.0 Å². The molecule has 1 heterocycles. The number of hydrogen-bond donors (Lipinski definition) is 1. The van der Waals surface area contributed by atoms with Gasteiger partial charge < -0.3 is 9.72 Å². The lowest BCUT2D eigenvalue weighted by Crippen LogP contribution is -1.92. The Bertz CT molecular complexity index is 536. The van der Waals surface area contributed by atoms with E-state index in [-0.39, 0.29) is 0 Å². The highest BCUT2D eigenvalue weighted by Gasteiger charge is 2.02. The van der Waals surface area contributed by atoms with Crippen molar-refractivity contribution >= 4 is 12.2 Å². The summed E-state index contributed by atoms with van der Waals surface area (Å²) in [6, 6.07) is 7.76. The van der Waals surface area contributed by atoms with Crippen molar-refractivity contribution in [3.8, 4) is 17.0 Å². The molecule has 0 saturated heterocycles. The van der Waals surface area contributed by atoms with Gasteiger partial charge in [-0.2, -0.15) is 0 Å². The van der Waals surface area contributed by atoms with Crippen LogP contribution >= 0.6 is 12.2 Å². The minimum atomic E-state index is 0.635. The molecule has 0 bridgehead atoms. The van der Waals surface area contributed by atoms with Crippen LogP contribution in [-0.2, 0) is 0 Å². The highest BCUT2D eigenvalue weighted by molar-refractivity contribution is 7.71. The largest absolute Gasteiger partial charge is 0.494 e. The van der Waals surface area contributed by atoms with Crippen molar-refractivity contribution in [2.24, 2.45) is 0 Å². The van der Waals surface area contributed by atoms with Gasteiger partial charge in [0, 0.05) is 18.0 Å². The second-order valence-electron chi connectivity index (χ2n) is 3.23. The van der Waals surface area contributed by atoms with Crippen molar-refractivity contribution in [1.29, 1.82) is 0 Å². The summed E-state index contributed by atoms with van der Waals surface area (Å²) >= 11 is 5.18. The van der Waals surface area contributed by atoms with Gasteiger partial charge in [-0.25, -0.2) is 0 Å². The standard InChI is InChI=1S/C12H12N2OS/c1-2-15-10-5-3-4-9(8-10)11-12(16)14-7-6-13-11/h3-8H,2H2,1H3,(H,14,16). The quantitative estimate of drug-likeness (QED) is 0.826. The summed E-state index contributed by atoms with van der Waals surface area (Å²) in [6.45, 7) is 2.61. The fraction of sp³-hybridized carbons (Fsp3) is 0.167. The zero-order valence-electron chi connectivity index (χ0n) is 8.93. The monoisotopic (exact) mass is 232 g/mol. The molecule has 4 heteroatoms. The molecular formula is C12H12N2OS. The van der Waals surface area contributed by atoms with Gasteiger partial charge in [0.15, 0.2) is 0 Å². The molecule has 0 aliphatic heterocycles. The Balaban J connectivity index is 2.45. The molecule has 0 fully saturated rings. The molecule has 2 aromatic rings. The van der Waals surface area contributed by atoms with Gasteiger partial charge in [-0.15, -0.1) is 0 Å². The second-order valence-corrected chi connectivity index (χ2v) is 3.64.